The lowest BCUT2D eigenvalue weighted by Gasteiger charge is -2.27. The van der Waals surface area contributed by atoms with Gasteiger partial charge in [0.2, 0.25) is 17.8 Å². The molecule has 132 valence electrons. The standard InChI is InChI=1S/C18H17N5O2S/c1-11-4-6-12(7-5-11)23-15(24)9-13(16(23)14-3-2-8-26-14)17(25)21-18-19-10-20-22-18/h2-8,10,13,16H,9H2,1H3,(H2,19,20,21,22,25). The largest absolute Gasteiger partial charge is 0.303 e. The van der Waals surface area contributed by atoms with E-state index in [4.69, 9.17) is 0 Å². The minimum absolute atomic E-state index is 0.0648. The van der Waals surface area contributed by atoms with Crippen molar-refractivity contribution in [3.63, 3.8) is 0 Å². The number of hydrogen-bond donors (Lipinski definition) is 2. The second-order valence-electron chi connectivity index (χ2n) is 6.19. The number of rotatable bonds is 4. The highest BCUT2D eigenvalue weighted by molar-refractivity contribution is 7.10. The molecule has 1 fully saturated rings. The molecule has 26 heavy (non-hydrogen) atoms. The van der Waals surface area contributed by atoms with Crippen LogP contribution < -0.4 is 10.2 Å². The lowest BCUT2D eigenvalue weighted by atomic mass is 9.97. The molecule has 2 N–H and O–H groups in total. The van der Waals surface area contributed by atoms with Gasteiger partial charge in [0.25, 0.3) is 0 Å². The number of carbonyl (C=O) groups excluding carboxylic acids is 2. The molecule has 4 rings (SSSR count). The van der Waals surface area contributed by atoms with E-state index < -0.39 is 5.92 Å². The first kappa shape index (κ1) is 16.5. The number of anilines is 2. The van der Waals surface area contributed by atoms with Crippen molar-refractivity contribution in [2.75, 3.05) is 10.2 Å². The fourth-order valence-corrected chi connectivity index (χ4v) is 4.12. The number of aromatic nitrogens is 3. The van der Waals surface area contributed by atoms with Crippen molar-refractivity contribution in [3.8, 4) is 0 Å². The lowest BCUT2D eigenvalue weighted by molar-refractivity contribution is -0.122. The number of nitrogens with one attached hydrogen (secondary N) is 2. The molecule has 0 radical (unpaired) electrons. The van der Waals surface area contributed by atoms with Crippen LogP contribution in [0.5, 0.6) is 0 Å². The Morgan fingerprint density at radius 2 is 2.12 bits per heavy atom. The average molecular weight is 367 g/mol. The number of aryl methyl sites for hydroxylation is 1. The van der Waals surface area contributed by atoms with Crippen LogP contribution in [0, 0.1) is 12.8 Å². The fraction of sp³-hybridized carbons (Fsp3) is 0.222. The van der Waals surface area contributed by atoms with Crippen molar-refractivity contribution < 1.29 is 9.59 Å². The topological polar surface area (TPSA) is 91.0 Å². The van der Waals surface area contributed by atoms with Gasteiger partial charge in [-0.3, -0.25) is 14.9 Å². The van der Waals surface area contributed by atoms with E-state index in [2.05, 4.69) is 20.5 Å². The number of aromatic amines is 1. The van der Waals surface area contributed by atoms with E-state index in [1.807, 2.05) is 48.7 Å². The van der Waals surface area contributed by atoms with Gasteiger partial charge in [-0.05, 0) is 30.5 Å². The molecule has 1 aliphatic rings. The third-order valence-corrected chi connectivity index (χ3v) is 5.41. The zero-order chi connectivity index (χ0) is 18.1. The molecule has 0 aliphatic carbocycles. The maximum atomic E-state index is 12.8. The van der Waals surface area contributed by atoms with Crippen LogP contribution in [0.2, 0.25) is 0 Å². The Hall–Kier alpha value is -3.00. The highest BCUT2D eigenvalue weighted by Gasteiger charge is 2.45. The van der Waals surface area contributed by atoms with E-state index in [1.54, 1.807) is 16.2 Å². The van der Waals surface area contributed by atoms with Crippen LogP contribution >= 0.6 is 11.3 Å². The van der Waals surface area contributed by atoms with Gasteiger partial charge in [0.05, 0.1) is 12.0 Å². The highest BCUT2D eigenvalue weighted by Crippen LogP contribution is 2.43. The summed E-state index contributed by atoms with van der Waals surface area (Å²) in [4.78, 5) is 32.3. The van der Waals surface area contributed by atoms with Crippen LogP contribution in [0.4, 0.5) is 11.6 Å². The monoisotopic (exact) mass is 367 g/mol. The van der Waals surface area contributed by atoms with Crippen LogP contribution in [0.1, 0.15) is 22.9 Å². The predicted octanol–water partition coefficient (Wildman–Crippen LogP) is 2.91. The number of hydrogen-bond acceptors (Lipinski definition) is 5. The van der Waals surface area contributed by atoms with Crippen LogP contribution in [0.15, 0.2) is 48.1 Å². The highest BCUT2D eigenvalue weighted by atomic mass is 32.1. The number of H-pyrrole nitrogens is 1. The summed E-state index contributed by atoms with van der Waals surface area (Å²) < 4.78 is 0. The van der Waals surface area contributed by atoms with E-state index in [0.29, 0.717) is 0 Å². The van der Waals surface area contributed by atoms with E-state index in [-0.39, 0.29) is 30.2 Å². The van der Waals surface area contributed by atoms with Crippen molar-refractivity contribution in [2.24, 2.45) is 5.92 Å². The molecule has 0 bridgehead atoms. The molecule has 0 spiro atoms. The minimum atomic E-state index is -0.507. The third-order valence-electron chi connectivity index (χ3n) is 4.46. The molecular weight excluding hydrogens is 350 g/mol. The van der Waals surface area contributed by atoms with E-state index in [9.17, 15) is 9.59 Å². The van der Waals surface area contributed by atoms with Gasteiger partial charge in [-0.25, -0.2) is 5.10 Å². The zero-order valence-electron chi connectivity index (χ0n) is 14.0. The Morgan fingerprint density at radius 3 is 2.77 bits per heavy atom. The smallest absolute Gasteiger partial charge is 0.232 e. The summed E-state index contributed by atoms with van der Waals surface area (Å²) >= 11 is 1.54. The SMILES string of the molecule is Cc1ccc(N2C(=O)CC(C(=O)Nc3ncn[nH]3)C2c2cccs2)cc1. The number of thiophene rings is 1. The Labute approximate surface area is 154 Å². The molecule has 0 saturated carbocycles. The molecular formula is C18H17N5O2S. The maximum Gasteiger partial charge on any atom is 0.232 e. The molecule has 2 unspecified atom stereocenters. The van der Waals surface area contributed by atoms with E-state index >= 15 is 0 Å². The summed E-state index contributed by atoms with van der Waals surface area (Å²) in [6.07, 6.45) is 1.47. The van der Waals surface area contributed by atoms with E-state index in [1.165, 1.54) is 6.33 Å². The van der Waals surface area contributed by atoms with Gasteiger partial charge < -0.3 is 4.90 Å². The molecule has 3 heterocycles. The fourth-order valence-electron chi connectivity index (χ4n) is 3.24. The lowest BCUT2D eigenvalue weighted by Crippen LogP contribution is -2.32. The molecule has 8 heteroatoms. The summed E-state index contributed by atoms with van der Waals surface area (Å²) in [6, 6.07) is 11.3. The quantitative estimate of drug-likeness (QED) is 0.742. The first-order chi connectivity index (χ1) is 12.6. The summed E-state index contributed by atoms with van der Waals surface area (Å²) in [7, 11) is 0. The summed E-state index contributed by atoms with van der Waals surface area (Å²) in [5.41, 5.74) is 1.92. The van der Waals surface area contributed by atoms with Gasteiger partial charge in [0, 0.05) is 17.0 Å². The molecule has 7 nitrogen and oxygen atoms in total. The first-order valence-corrected chi connectivity index (χ1v) is 9.10. The molecule has 2 aromatic heterocycles. The van der Waals surface area contributed by atoms with Crippen LogP contribution in [0.3, 0.4) is 0 Å². The number of nitrogens with zero attached hydrogens (tertiary/aromatic N) is 3. The predicted molar refractivity (Wildman–Crippen MR) is 98.8 cm³/mol. The number of amides is 2. The Morgan fingerprint density at radius 1 is 1.31 bits per heavy atom. The Balaban J connectivity index is 1.69. The molecule has 2 atom stereocenters. The molecule has 3 aromatic rings. The second-order valence-corrected chi connectivity index (χ2v) is 7.17. The van der Waals surface area contributed by atoms with Crippen LogP contribution in [-0.2, 0) is 9.59 Å². The average Bonchev–Trinajstić information content (AvgIpc) is 3.36. The van der Waals surface area contributed by atoms with Crippen molar-refractivity contribution in [2.45, 2.75) is 19.4 Å². The normalized spacial score (nSPS) is 19.7. The summed E-state index contributed by atoms with van der Waals surface area (Å²) in [5, 5.41) is 11.0. The van der Waals surface area contributed by atoms with Gasteiger partial charge in [0.15, 0.2) is 0 Å². The van der Waals surface area contributed by atoms with Crippen LogP contribution in [0.25, 0.3) is 0 Å². The number of carbonyl (C=O) groups is 2. The first-order valence-electron chi connectivity index (χ1n) is 8.22. The maximum absolute atomic E-state index is 12.8. The number of benzene rings is 1. The summed E-state index contributed by atoms with van der Waals surface area (Å²) in [6.45, 7) is 2.00. The van der Waals surface area contributed by atoms with Gasteiger partial charge in [0.1, 0.15) is 6.33 Å². The third kappa shape index (κ3) is 2.99. The van der Waals surface area contributed by atoms with Crippen molar-refractivity contribution in [1.29, 1.82) is 0 Å². The van der Waals surface area contributed by atoms with Gasteiger partial charge >= 0.3 is 0 Å². The minimum Gasteiger partial charge on any atom is -0.303 e. The second kappa shape index (κ2) is 6.72. The Bertz CT molecular complexity index is 906. The van der Waals surface area contributed by atoms with Gasteiger partial charge in [-0.1, -0.05) is 23.8 Å². The molecule has 1 saturated heterocycles. The summed E-state index contributed by atoms with van der Waals surface area (Å²) in [5.74, 6) is -0.540. The van der Waals surface area contributed by atoms with Crippen LogP contribution in [-0.4, -0.2) is 27.0 Å². The molecule has 2 amide bonds. The van der Waals surface area contributed by atoms with Crippen molar-refractivity contribution in [3.05, 3.63) is 58.5 Å². The van der Waals surface area contributed by atoms with Gasteiger partial charge in [-0.15, -0.1) is 11.3 Å². The van der Waals surface area contributed by atoms with Gasteiger partial charge in [-0.2, -0.15) is 10.1 Å². The Kier molecular flexibility index (Phi) is 4.26. The molecule has 1 aromatic carbocycles. The zero-order valence-corrected chi connectivity index (χ0v) is 14.9. The molecule has 1 aliphatic heterocycles. The van der Waals surface area contributed by atoms with Crippen molar-refractivity contribution >= 4 is 34.8 Å². The van der Waals surface area contributed by atoms with Crippen molar-refractivity contribution in [1.82, 2.24) is 15.2 Å². The van der Waals surface area contributed by atoms with E-state index in [0.717, 1.165) is 16.1 Å².